The van der Waals surface area contributed by atoms with Crippen molar-refractivity contribution in [1.29, 1.82) is 0 Å². The van der Waals surface area contributed by atoms with Crippen LogP contribution in [0.1, 0.15) is 23.2 Å². The Kier molecular flexibility index (Phi) is 1.90. The minimum atomic E-state index is 0.928. The number of nitrogens with zero attached hydrogens (tertiary/aromatic N) is 3. The molecule has 88 valence electrons. The summed E-state index contributed by atoms with van der Waals surface area (Å²) in [5, 5.41) is 15.6. The van der Waals surface area contributed by atoms with Gasteiger partial charge in [-0.2, -0.15) is 10.2 Å². The number of aryl methyl sites for hydroxylation is 2. The van der Waals surface area contributed by atoms with Crippen molar-refractivity contribution < 1.29 is 0 Å². The Labute approximate surface area is 99.2 Å². The van der Waals surface area contributed by atoms with Gasteiger partial charge in [-0.05, 0) is 18.4 Å². The molecule has 0 atom stereocenters. The van der Waals surface area contributed by atoms with E-state index < -0.39 is 0 Å². The first-order valence-corrected chi connectivity index (χ1v) is 6.26. The second kappa shape index (κ2) is 3.43. The van der Waals surface area contributed by atoms with Crippen LogP contribution >= 0.6 is 0 Å². The number of aromatic nitrogens is 4. The minimum Gasteiger partial charge on any atom is -0.312 e. The third-order valence-corrected chi connectivity index (χ3v) is 3.73. The van der Waals surface area contributed by atoms with Crippen LogP contribution in [0.3, 0.4) is 0 Å². The summed E-state index contributed by atoms with van der Waals surface area (Å²) in [6.45, 7) is 2.98. The van der Waals surface area contributed by atoms with Gasteiger partial charge < -0.3 is 5.32 Å². The largest absolute Gasteiger partial charge is 0.312 e. The zero-order valence-corrected chi connectivity index (χ0v) is 9.66. The van der Waals surface area contributed by atoms with Crippen LogP contribution in [0.15, 0.2) is 6.20 Å². The lowest BCUT2D eigenvalue weighted by Gasteiger charge is -2.12. The van der Waals surface area contributed by atoms with Crippen LogP contribution in [0.4, 0.5) is 0 Å². The van der Waals surface area contributed by atoms with Crippen LogP contribution in [0.5, 0.6) is 0 Å². The van der Waals surface area contributed by atoms with E-state index in [0.29, 0.717) is 0 Å². The molecule has 4 heterocycles. The highest BCUT2D eigenvalue weighted by molar-refractivity contribution is 5.65. The average Bonchev–Trinajstić information content (AvgIpc) is 2.90. The fourth-order valence-corrected chi connectivity index (χ4v) is 2.91. The van der Waals surface area contributed by atoms with Crippen LogP contribution in [0.25, 0.3) is 11.4 Å². The summed E-state index contributed by atoms with van der Waals surface area (Å²) in [6, 6.07) is 0. The van der Waals surface area contributed by atoms with Crippen molar-refractivity contribution in [2.75, 3.05) is 6.54 Å². The second-order valence-electron chi connectivity index (χ2n) is 4.79. The van der Waals surface area contributed by atoms with Crippen molar-refractivity contribution in [3.05, 3.63) is 23.0 Å². The van der Waals surface area contributed by atoms with Gasteiger partial charge in [0.2, 0.25) is 0 Å². The molecule has 2 aromatic heterocycles. The molecular weight excluding hydrogens is 214 g/mol. The van der Waals surface area contributed by atoms with E-state index in [2.05, 4.69) is 20.2 Å². The number of hydrogen-bond donors (Lipinski definition) is 2. The van der Waals surface area contributed by atoms with E-state index in [1.807, 2.05) is 6.20 Å². The zero-order valence-electron chi connectivity index (χ0n) is 9.66. The summed E-state index contributed by atoms with van der Waals surface area (Å²) in [5.74, 6) is 0. The molecule has 2 aromatic rings. The number of fused-ring (bicyclic) bond motifs is 5. The number of nitrogens with one attached hydrogen (secondary N) is 2. The molecule has 2 aliphatic heterocycles. The van der Waals surface area contributed by atoms with Gasteiger partial charge in [-0.15, -0.1) is 0 Å². The highest BCUT2D eigenvalue weighted by Crippen LogP contribution is 2.32. The molecule has 2 aliphatic rings. The molecule has 2 N–H and O–H groups in total. The summed E-state index contributed by atoms with van der Waals surface area (Å²) < 4.78 is 2.16. The molecule has 5 nitrogen and oxygen atoms in total. The van der Waals surface area contributed by atoms with E-state index >= 15 is 0 Å². The van der Waals surface area contributed by atoms with Gasteiger partial charge >= 0.3 is 0 Å². The maximum Gasteiger partial charge on any atom is 0.114 e. The lowest BCUT2D eigenvalue weighted by atomic mass is 10.0. The zero-order chi connectivity index (χ0) is 11.2. The molecule has 17 heavy (non-hydrogen) atoms. The summed E-state index contributed by atoms with van der Waals surface area (Å²) in [7, 11) is 0. The lowest BCUT2D eigenvalue weighted by Crippen LogP contribution is -2.23. The average molecular weight is 229 g/mol. The topological polar surface area (TPSA) is 58.5 Å². The van der Waals surface area contributed by atoms with Gasteiger partial charge in [-0.25, -0.2) is 0 Å². The molecule has 0 fully saturated rings. The van der Waals surface area contributed by atoms with E-state index in [1.165, 1.54) is 22.5 Å². The Morgan fingerprint density at radius 1 is 1.29 bits per heavy atom. The Morgan fingerprint density at radius 2 is 2.29 bits per heavy atom. The smallest absolute Gasteiger partial charge is 0.114 e. The van der Waals surface area contributed by atoms with Gasteiger partial charge in [0, 0.05) is 37.8 Å². The molecule has 4 rings (SSSR count). The van der Waals surface area contributed by atoms with Crippen molar-refractivity contribution in [3.8, 4) is 11.4 Å². The first kappa shape index (κ1) is 9.41. The van der Waals surface area contributed by atoms with Gasteiger partial charge in [0.1, 0.15) is 5.69 Å². The second-order valence-corrected chi connectivity index (χ2v) is 4.79. The number of rotatable bonds is 0. The number of hydrogen-bond acceptors (Lipinski definition) is 3. The molecule has 5 heteroatoms. The van der Waals surface area contributed by atoms with Crippen molar-refractivity contribution in [2.24, 2.45) is 0 Å². The SMILES string of the molecule is c1[nH]nc2c1CCCn1nc3c(c1-2)CNCC3. The fourth-order valence-electron chi connectivity index (χ4n) is 2.91. The Bertz CT molecular complexity index is 565. The maximum absolute atomic E-state index is 4.75. The van der Waals surface area contributed by atoms with E-state index in [0.717, 1.165) is 44.6 Å². The summed E-state index contributed by atoms with van der Waals surface area (Å²) in [4.78, 5) is 0. The molecule has 0 bridgehead atoms. The van der Waals surface area contributed by atoms with E-state index in [4.69, 9.17) is 5.10 Å². The molecule has 0 unspecified atom stereocenters. The molecule has 0 spiro atoms. The van der Waals surface area contributed by atoms with Gasteiger partial charge in [0.25, 0.3) is 0 Å². The van der Waals surface area contributed by atoms with Crippen LogP contribution in [-0.2, 0) is 25.9 Å². The van der Waals surface area contributed by atoms with Gasteiger partial charge in [0.05, 0.1) is 11.4 Å². The highest BCUT2D eigenvalue weighted by atomic mass is 15.3. The molecular formula is C12H15N5. The Morgan fingerprint density at radius 3 is 3.29 bits per heavy atom. The molecule has 0 amide bonds. The first-order valence-electron chi connectivity index (χ1n) is 6.26. The van der Waals surface area contributed by atoms with Crippen LogP contribution < -0.4 is 5.32 Å². The first-order chi connectivity index (χ1) is 8.43. The van der Waals surface area contributed by atoms with Gasteiger partial charge in [-0.1, -0.05) is 0 Å². The molecule has 0 aromatic carbocycles. The molecule has 0 radical (unpaired) electrons. The summed E-state index contributed by atoms with van der Waals surface area (Å²) in [6.07, 6.45) is 5.31. The predicted octanol–water partition coefficient (Wildman–Crippen LogP) is 0.865. The Hall–Kier alpha value is -1.62. The van der Waals surface area contributed by atoms with Crippen molar-refractivity contribution in [1.82, 2.24) is 25.3 Å². The van der Waals surface area contributed by atoms with Crippen molar-refractivity contribution >= 4 is 0 Å². The van der Waals surface area contributed by atoms with Gasteiger partial charge in [-0.3, -0.25) is 9.78 Å². The number of H-pyrrole nitrogens is 1. The van der Waals surface area contributed by atoms with Crippen LogP contribution in [0.2, 0.25) is 0 Å². The van der Waals surface area contributed by atoms with Crippen LogP contribution in [-0.4, -0.2) is 26.5 Å². The summed E-state index contributed by atoms with van der Waals surface area (Å²) in [5.41, 5.74) is 6.29. The standard InChI is InChI=1S/C12H15N5/c1-2-8-6-14-15-11(8)12-9-7-13-4-3-10(9)16-17(12)5-1/h6,13H,1-5,7H2,(H,14,15). The normalized spacial score (nSPS) is 18.1. The Balaban J connectivity index is 1.98. The van der Waals surface area contributed by atoms with Crippen molar-refractivity contribution in [3.63, 3.8) is 0 Å². The van der Waals surface area contributed by atoms with Gasteiger partial charge in [0.15, 0.2) is 0 Å². The molecule has 0 saturated heterocycles. The third kappa shape index (κ3) is 1.29. The van der Waals surface area contributed by atoms with E-state index in [-0.39, 0.29) is 0 Å². The monoisotopic (exact) mass is 229 g/mol. The van der Waals surface area contributed by atoms with Crippen molar-refractivity contribution in [2.45, 2.75) is 32.4 Å². The predicted molar refractivity (Wildman–Crippen MR) is 63.5 cm³/mol. The fraction of sp³-hybridized carbons (Fsp3) is 0.500. The summed E-state index contributed by atoms with van der Waals surface area (Å²) >= 11 is 0. The van der Waals surface area contributed by atoms with E-state index in [9.17, 15) is 0 Å². The third-order valence-electron chi connectivity index (χ3n) is 3.73. The molecule has 0 saturated carbocycles. The van der Waals surface area contributed by atoms with E-state index in [1.54, 1.807) is 0 Å². The molecule has 0 aliphatic carbocycles. The lowest BCUT2D eigenvalue weighted by molar-refractivity contribution is 0.580. The van der Waals surface area contributed by atoms with Crippen LogP contribution in [0, 0.1) is 0 Å². The highest BCUT2D eigenvalue weighted by Gasteiger charge is 2.26. The maximum atomic E-state index is 4.75. The quantitative estimate of drug-likeness (QED) is 0.704. The number of aromatic amines is 1. The minimum absolute atomic E-state index is 0.928.